The van der Waals surface area contributed by atoms with Crippen LogP contribution in [0.5, 0.6) is 0 Å². The summed E-state index contributed by atoms with van der Waals surface area (Å²) in [5.41, 5.74) is -1.71. The fourth-order valence-electron chi connectivity index (χ4n) is 5.44. The molecule has 2 aromatic rings. The van der Waals surface area contributed by atoms with Crippen LogP contribution in [0.3, 0.4) is 0 Å². The number of halogens is 4. The first-order valence-electron chi connectivity index (χ1n) is 11.4. The molecular weight excluding hydrogens is 537 g/mol. The van der Waals surface area contributed by atoms with Crippen molar-refractivity contribution in [3.63, 3.8) is 0 Å². The number of benzene rings is 2. The van der Waals surface area contributed by atoms with Gasteiger partial charge in [0, 0.05) is 23.4 Å². The number of amides is 1. The predicted octanol–water partition coefficient (Wildman–Crippen LogP) is 4.18. The number of hydrogen-bond acceptors (Lipinski definition) is 7. The van der Waals surface area contributed by atoms with Gasteiger partial charge in [0.05, 0.1) is 40.2 Å². The summed E-state index contributed by atoms with van der Waals surface area (Å²) >= 11 is 6.24. The van der Waals surface area contributed by atoms with E-state index in [1.54, 1.807) is 0 Å². The number of carbonyl (C=O) groups is 1. The lowest BCUT2D eigenvalue weighted by atomic mass is 9.77. The average molecular weight is 561 g/mol. The highest BCUT2D eigenvalue weighted by Gasteiger charge is 2.54. The molecule has 0 heterocycles. The first-order chi connectivity index (χ1) is 17.4. The quantitative estimate of drug-likeness (QED) is 0.146. The molecule has 2 bridgehead atoms. The molecular formula is C24H24ClF3N2O6S. The van der Waals surface area contributed by atoms with Crippen molar-refractivity contribution in [1.29, 1.82) is 0 Å². The second kappa shape index (κ2) is 10.6. The summed E-state index contributed by atoms with van der Waals surface area (Å²) in [5.74, 6) is -6.28. The Kier molecular flexibility index (Phi) is 7.84. The van der Waals surface area contributed by atoms with Crippen LogP contribution in [0.4, 0.5) is 18.9 Å². The molecule has 2 aliphatic rings. The van der Waals surface area contributed by atoms with E-state index in [0.717, 1.165) is 12.3 Å². The van der Waals surface area contributed by atoms with E-state index in [4.69, 9.17) is 21.5 Å². The number of fused-ring (bicyclic) bond motifs is 2. The van der Waals surface area contributed by atoms with Gasteiger partial charge >= 0.3 is 0 Å². The van der Waals surface area contributed by atoms with Gasteiger partial charge in [-0.2, -0.15) is 0 Å². The molecule has 1 amide bonds. The lowest BCUT2D eigenvalue weighted by Gasteiger charge is -2.40. The van der Waals surface area contributed by atoms with Crippen molar-refractivity contribution in [2.75, 3.05) is 18.5 Å². The summed E-state index contributed by atoms with van der Waals surface area (Å²) in [4.78, 5) is 12.4. The number of nitrogens with zero attached hydrogens (tertiary/aromatic N) is 1. The SMILES string of the molecule is O=C(Nc1cc(F)c(F)c(F)c1)c1ccc(Cl)c(S(=O)(=O)C2C3CCC2CC(O)(COC/C=N/O)C3)c1. The van der Waals surface area contributed by atoms with Gasteiger partial charge in [-0.15, -0.1) is 0 Å². The molecule has 2 unspecified atom stereocenters. The fraction of sp³-hybridized carbons (Fsp3) is 0.417. The van der Waals surface area contributed by atoms with Crippen molar-refractivity contribution < 1.29 is 41.4 Å². The van der Waals surface area contributed by atoms with Gasteiger partial charge in [-0.05, 0) is 55.7 Å². The molecule has 8 nitrogen and oxygen atoms in total. The molecule has 4 rings (SSSR count). The van der Waals surface area contributed by atoms with Gasteiger partial charge in [0.1, 0.15) is 0 Å². The van der Waals surface area contributed by atoms with Crippen LogP contribution in [0.15, 0.2) is 40.4 Å². The zero-order valence-corrected chi connectivity index (χ0v) is 20.9. The molecule has 0 saturated heterocycles. The molecule has 200 valence electrons. The van der Waals surface area contributed by atoms with Crippen LogP contribution in [0.2, 0.25) is 5.02 Å². The first-order valence-corrected chi connectivity index (χ1v) is 13.3. The molecule has 2 atom stereocenters. The Morgan fingerprint density at radius 2 is 1.78 bits per heavy atom. The molecule has 0 radical (unpaired) electrons. The Morgan fingerprint density at radius 1 is 1.16 bits per heavy atom. The number of aliphatic hydroxyl groups is 1. The molecule has 37 heavy (non-hydrogen) atoms. The largest absolute Gasteiger partial charge is 0.411 e. The number of anilines is 1. The van der Waals surface area contributed by atoms with E-state index in [1.807, 2.05) is 0 Å². The van der Waals surface area contributed by atoms with E-state index in [1.165, 1.54) is 12.1 Å². The van der Waals surface area contributed by atoms with E-state index in [2.05, 4.69) is 10.5 Å². The lowest BCUT2D eigenvalue weighted by molar-refractivity contribution is -0.0759. The average Bonchev–Trinajstić information content (AvgIpc) is 3.13. The summed E-state index contributed by atoms with van der Waals surface area (Å²) in [7, 11) is -4.04. The van der Waals surface area contributed by atoms with Gasteiger partial charge in [0.15, 0.2) is 27.3 Å². The maximum absolute atomic E-state index is 13.7. The minimum atomic E-state index is -4.04. The maximum Gasteiger partial charge on any atom is 0.255 e. The first kappa shape index (κ1) is 27.4. The number of ether oxygens (including phenoxy) is 1. The zero-order valence-electron chi connectivity index (χ0n) is 19.3. The van der Waals surface area contributed by atoms with Crippen molar-refractivity contribution in [1.82, 2.24) is 0 Å². The number of nitrogens with one attached hydrogen (secondary N) is 1. The molecule has 13 heteroatoms. The van der Waals surface area contributed by atoms with Crippen LogP contribution < -0.4 is 5.32 Å². The van der Waals surface area contributed by atoms with E-state index in [0.29, 0.717) is 25.0 Å². The third-order valence-electron chi connectivity index (χ3n) is 6.87. The Morgan fingerprint density at radius 3 is 2.38 bits per heavy atom. The Bertz CT molecular complexity index is 1300. The van der Waals surface area contributed by atoms with E-state index in [-0.39, 0.29) is 59.1 Å². The van der Waals surface area contributed by atoms with E-state index in [9.17, 15) is 31.5 Å². The fourth-order valence-corrected chi connectivity index (χ4v) is 8.28. The van der Waals surface area contributed by atoms with E-state index >= 15 is 0 Å². The number of hydrogen-bond donors (Lipinski definition) is 3. The van der Waals surface area contributed by atoms with Crippen LogP contribution >= 0.6 is 11.6 Å². The van der Waals surface area contributed by atoms with Gasteiger partial charge in [-0.1, -0.05) is 16.8 Å². The summed E-state index contributed by atoms with van der Waals surface area (Å²) < 4.78 is 73.0. The number of oxime groups is 1. The Labute approximate surface area is 216 Å². The van der Waals surface area contributed by atoms with Crippen LogP contribution in [-0.4, -0.2) is 54.9 Å². The van der Waals surface area contributed by atoms with Crippen molar-refractivity contribution >= 4 is 39.2 Å². The molecule has 2 fully saturated rings. The Hall–Kier alpha value is -2.67. The third-order valence-corrected chi connectivity index (χ3v) is 9.75. The molecule has 0 aliphatic heterocycles. The highest BCUT2D eigenvalue weighted by molar-refractivity contribution is 7.92. The lowest BCUT2D eigenvalue weighted by Crippen LogP contribution is -2.48. The van der Waals surface area contributed by atoms with Crippen molar-refractivity contribution in [3.8, 4) is 0 Å². The van der Waals surface area contributed by atoms with Gasteiger partial charge < -0.3 is 20.4 Å². The standard InChI is InChI=1S/C24H24ClF3N2O6S/c25-17-4-3-13(23(31)30-16-8-18(26)21(28)19(27)9-16)7-20(17)37(34,35)22-14-1-2-15(22)11-24(32,10-14)12-36-6-5-29-33/h3-5,7-9,14-15,22,32-33H,1-2,6,10-12H2,(H,30,31)/b29-5+. The second-order valence-electron chi connectivity index (χ2n) is 9.41. The van der Waals surface area contributed by atoms with Crippen LogP contribution in [0.1, 0.15) is 36.0 Å². The van der Waals surface area contributed by atoms with E-state index < -0.39 is 44.0 Å². The second-order valence-corrected chi connectivity index (χ2v) is 11.9. The maximum atomic E-state index is 13.7. The zero-order chi connectivity index (χ0) is 27.0. The number of sulfone groups is 1. The van der Waals surface area contributed by atoms with Gasteiger partial charge in [0.25, 0.3) is 5.91 Å². The summed E-state index contributed by atoms with van der Waals surface area (Å²) in [6, 6.07) is 4.80. The summed E-state index contributed by atoms with van der Waals surface area (Å²) in [6.07, 6.45) is 2.65. The van der Waals surface area contributed by atoms with Crippen molar-refractivity contribution in [2.45, 2.75) is 41.4 Å². The molecule has 3 N–H and O–H groups in total. The number of carbonyl (C=O) groups excluding carboxylic acids is 1. The smallest absolute Gasteiger partial charge is 0.255 e. The molecule has 2 saturated carbocycles. The summed E-state index contributed by atoms with van der Waals surface area (Å²) in [5, 5.41) is 23.6. The third kappa shape index (κ3) is 5.62. The minimum Gasteiger partial charge on any atom is -0.411 e. The molecule has 0 spiro atoms. The molecule has 0 aromatic heterocycles. The monoisotopic (exact) mass is 560 g/mol. The van der Waals surface area contributed by atoms with Crippen molar-refractivity contribution in [3.05, 3.63) is 58.4 Å². The van der Waals surface area contributed by atoms with Crippen LogP contribution in [0, 0.1) is 29.3 Å². The minimum absolute atomic E-state index is 0.00244. The molecule has 2 aliphatic carbocycles. The van der Waals surface area contributed by atoms with Gasteiger partial charge in [-0.3, -0.25) is 4.79 Å². The normalized spacial score (nSPS) is 25.5. The van der Waals surface area contributed by atoms with Gasteiger partial charge in [-0.25, -0.2) is 21.6 Å². The van der Waals surface area contributed by atoms with Crippen molar-refractivity contribution in [2.24, 2.45) is 17.0 Å². The highest BCUT2D eigenvalue weighted by Crippen LogP contribution is 2.51. The molecule has 2 aromatic carbocycles. The Balaban J connectivity index is 1.55. The predicted molar refractivity (Wildman–Crippen MR) is 128 cm³/mol. The highest BCUT2D eigenvalue weighted by atomic mass is 35.5. The van der Waals surface area contributed by atoms with Crippen LogP contribution in [-0.2, 0) is 14.6 Å². The van der Waals surface area contributed by atoms with Crippen LogP contribution in [0.25, 0.3) is 0 Å². The summed E-state index contributed by atoms with van der Waals surface area (Å²) in [6.45, 7) is -0.0443. The topological polar surface area (TPSA) is 125 Å². The van der Waals surface area contributed by atoms with Gasteiger partial charge in [0.2, 0.25) is 0 Å². The number of rotatable bonds is 8.